The molecular formula is C13H20BrNO. The zero-order valence-corrected chi connectivity index (χ0v) is 11.7. The van der Waals surface area contributed by atoms with Gasteiger partial charge in [-0.2, -0.15) is 0 Å². The molecule has 2 N–H and O–H groups in total. The number of rotatable bonds is 5. The molecule has 0 spiro atoms. The molecule has 1 rings (SSSR count). The monoisotopic (exact) mass is 285 g/mol. The van der Waals surface area contributed by atoms with E-state index in [4.69, 9.17) is 0 Å². The first-order valence-corrected chi connectivity index (χ1v) is 6.40. The van der Waals surface area contributed by atoms with Crippen molar-refractivity contribution in [2.24, 2.45) is 5.92 Å². The van der Waals surface area contributed by atoms with Crippen molar-refractivity contribution >= 4 is 15.9 Å². The Kier molecular flexibility index (Phi) is 4.96. The molecule has 2 nitrogen and oxygen atoms in total. The number of halogens is 1. The Hall–Kier alpha value is -0.380. The van der Waals surface area contributed by atoms with E-state index >= 15 is 0 Å². The molecule has 1 unspecified atom stereocenters. The largest absolute Gasteiger partial charge is 0.384 e. The number of aliphatic hydroxyl groups is 1. The van der Waals surface area contributed by atoms with Crippen molar-refractivity contribution in [3.63, 3.8) is 0 Å². The normalized spacial score (nSPS) is 15.1. The van der Waals surface area contributed by atoms with E-state index in [1.807, 2.05) is 31.2 Å². The minimum atomic E-state index is -0.821. The van der Waals surface area contributed by atoms with Crippen LogP contribution in [-0.2, 0) is 5.60 Å². The lowest BCUT2D eigenvalue weighted by molar-refractivity contribution is 0.0563. The highest BCUT2D eigenvalue weighted by atomic mass is 79.9. The smallest absolute Gasteiger partial charge is 0.0992 e. The summed E-state index contributed by atoms with van der Waals surface area (Å²) >= 11 is 3.41. The van der Waals surface area contributed by atoms with E-state index < -0.39 is 5.60 Å². The van der Waals surface area contributed by atoms with Crippen molar-refractivity contribution in [2.75, 3.05) is 13.1 Å². The molecule has 3 heteroatoms. The van der Waals surface area contributed by atoms with E-state index in [-0.39, 0.29) is 0 Å². The van der Waals surface area contributed by atoms with Gasteiger partial charge in [-0.3, -0.25) is 0 Å². The molecule has 0 fully saturated rings. The van der Waals surface area contributed by atoms with Crippen molar-refractivity contribution in [3.05, 3.63) is 34.3 Å². The van der Waals surface area contributed by atoms with E-state index in [0.717, 1.165) is 16.6 Å². The lowest BCUT2D eigenvalue weighted by atomic mass is 9.96. The van der Waals surface area contributed by atoms with Crippen LogP contribution in [0.3, 0.4) is 0 Å². The molecule has 0 aliphatic rings. The van der Waals surface area contributed by atoms with Crippen LogP contribution < -0.4 is 5.32 Å². The summed E-state index contributed by atoms with van der Waals surface area (Å²) in [6.45, 7) is 7.63. The van der Waals surface area contributed by atoms with Gasteiger partial charge in [0.2, 0.25) is 0 Å². The average Bonchev–Trinajstić information content (AvgIpc) is 2.16. The van der Waals surface area contributed by atoms with E-state index in [1.165, 1.54) is 0 Å². The Morgan fingerprint density at radius 1 is 1.44 bits per heavy atom. The molecule has 0 aliphatic carbocycles. The zero-order chi connectivity index (χ0) is 12.2. The molecule has 1 atom stereocenters. The standard InChI is InChI=1S/C13H20BrNO/c1-10(2)8-15-9-13(3,16)11-5-4-6-12(14)7-11/h4-7,10,15-16H,8-9H2,1-3H3. The number of nitrogens with one attached hydrogen (secondary N) is 1. The van der Waals surface area contributed by atoms with E-state index in [9.17, 15) is 5.11 Å². The Morgan fingerprint density at radius 2 is 2.12 bits per heavy atom. The molecule has 0 radical (unpaired) electrons. The zero-order valence-electron chi connectivity index (χ0n) is 10.1. The molecule has 1 aromatic rings. The number of hydrogen-bond donors (Lipinski definition) is 2. The van der Waals surface area contributed by atoms with Gasteiger partial charge in [0.25, 0.3) is 0 Å². The van der Waals surface area contributed by atoms with Gasteiger partial charge < -0.3 is 10.4 Å². The van der Waals surface area contributed by atoms with Gasteiger partial charge in [0.1, 0.15) is 0 Å². The quantitative estimate of drug-likeness (QED) is 0.872. The fourth-order valence-corrected chi connectivity index (χ4v) is 1.93. The topological polar surface area (TPSA) is 32.3 Å². The fourth-order valence-electron chi connectivity index (χ4n) is 1.53. The van der Waals surface area contributed by atoms with Crippen LogP contribution in [0.5, 0.6) is 0 Å². The van der Waals surface area contributed by atoms with Gasteiger partial charge in [0.15, 0.2) is 0 Å². The minimum absolute atomic E-state index is 0.571. The first-order chi connectivity index (χ1) is 7.42. The lowest BCUT2D eigenvalue weighted by Crippen LogP contribution is -2.36. The van der Waals surface area contributed by atoms with Crippen LogP contribution >= 0.6 is 15.9 Å². The van der Waals surface area contributed by atoms with Crippen LogP contribution in [0.2, 0.25) is 0 Å². The molecule has 1 aromatic carbocycles. The van der Waals surface area contributed by atoms with Crippen LogP contribution in [0.1, 0.15) is 26.3 Å². The maximum Gasteiger partial charge on any atom is 0.0992 e. The fraction of sp³-hybridized carbons (Fsp3) is 0.538. The maximum atomic E-state index is 10.3. The van der Waals surface area contributed by atoms with Gasteiger partial charge in [0.05, 0.1) is 5.60 Å². The molecule has 0 saturated heterocycles. The van der Waals surface area contributed by atoms with Crippen LogP contribution in [0.25, 0.3) is 0 Å². The third kappa shape index (κ3) is 4.24. The molecular weight excluding hydrogens is 266 g/mol. The number of benzene rings is 1. The number of hydrogen-bond acceptors (Lipinski definition) is 2. The second kappa shape index (κ2) is 5.80. The van der Waals surface area contributed by atoms with Crippen LogP contribution in [0.15, 0.2) is 28.7 Å². The molecule has 90 valence electrons. The summed E-state index contributed by atoms with van der Waals surface area (Å²) in [5.41, 5.74) is 0.108. The van der Waals surface area contributed by atoms with Gasteiger partial charge >= 0.3 is 0 Å². The molecule has 0 amide bonds. The van der Waals surface area contributed by atoms with Crippen LogP contribution in [-0.4, -0.2) is 18.2 Å². The van der Waals surface area contributed by atoms with Gasteiger partial charge in [0, 0.05) is 11.0 Å². The van der Waals surface area contributed by atoms with Crippen molar-refractivity contribution in [3.8, 4) is 0 Å². The van der Waals surface area contributed by atoms with Gasteiger partial charge in [-0.1, -0.05) is 41.9 Å². The van der Waals surface area contributed by atoms with E-state index in [1.54, 1.807) is 0 Å². The minimum Gasteiger partial charge on any atom is -0.384 e. The Labute approximate surface area is 106 Å². The van der Waals surface area contributed by atoms with Crippen LogP contribution in [0, 0.1) is 5.92 Å². The molecule has 0 aliphatic heterocycles. The third-order valence-corrected chi connectivity index (χ3v) is 2.96. The summed E-state index contributed by atoms with van der Waals surface area (Å²) in [6.07, 6.45) is 0. The Morgan fingerprint density at radius 3 is 2.69 bits per heavy atom. The van der Waals surface area contributed by atoms with Crippen molar-refractivity contribution in [2.45, 2.75) is 26.4 Å². The maximum absolute atomic E-state index is 10.3. The first kappa shape index (κ1) is 13.7. The van der Waals surface area contributed by atoms with E-state index in [2.05, 4.69) is 35.1 Å². The highest BCUT2D eigenvalue weighted by molar-refractivity contribution is 9.10. The predicted octanol–water partition coefficient (Wildman–Crippen LogP) is 2.90. The van der Waals surface area contributed by atoms with E-state index in [0.29, 0.717) is 12.5 Å². The summed E-state index contributed by atoms with van der Waals surface area (Å²) in [4.78, 5) is 0. The summed E-state index contributed by atoms with van der Waals surface area (Å²) in [5, 5.41) is 13.6. The molecule has 0 saturated carbocycles. The summed E-state index contributed by atoms with van der Waals surface area (Å²) < 4.78 is 0.995. The van der Waals surface area contributed by atoms with Gasteiger partial charge in [-0.25, -0.2) is 0 Å². The van der Waals surface area contributed by atoms with Crippen molar-refractivity contribution in [1.29, 1.82) is 0 Å². The van der Waals surface area contributed by atoms with Crippen LogP contribution in [0.4, 0.5) is 0 Å². The molecule has 0 heterocycles. The molecule has 16 heavy (non-hydrogen) atoms. The highest BCUT2D eigenvalue weighted by Gasteiger charge is 2.22. The average molecular weight is 286 g/mol. The van der Waals surface area contributed by atoms with Gasteiger partial charge in [-0.15, -0.1) is 0 Å². The second-order valence-corrected chi connectivity index (χ2v) is 5.72. The van der Waals surface area contributed by atoms with Crippen molar-refractivity contribution in [1.82, 2.24) is 5.32 Å². The lowest BCUT2D eigenvalue weighted by Gasteiger charge is -2.25. The highest BCUT2D eigenvalue weighted by Crippen LogP contribution is 2.22. The second-order valence-electron chi connectivity index (χ2n) is 4.81. The third-order valence-electron chi connectivity index (χ3n) is 2.47. The Bertz CT molecular complexity index is 336. The molecule has 0 bridgehead atoms. The molecule has 0 aromatic heterocycles. The Balaban J connectivity index is 2.62. The summed E-state index contributed by atoms with van der Waals surface area (Å²) in [5.74, 6) is 0.596. The van der Waals surface area contributed by atoms with Gasteiger partial charge in [-0.05, 0) is 37.1 Å². The first-order valence-electron chi connectivity index (χ1n) is 5.61. The SMILES string of the molecule is CC(C)CNCC(C)(O)c1cccc(Br)c1. The predicted molar refractivity (Wildman–Crippen MR) is 71.4 cm³/mol. The van der Waals surface area contributed by atoms with Crippen molar-refractivity contribution < 1.29 is 5.11 Å². The summed E-state index contributed by atoms with van der Waals surface area (Å²) in [7, 11) is 0. The summed E-state index contributed by atoms with van der Waals surface area (Å²) in [6, 6.07) is 7.80.